The molecule has 0 radical (unpaired) electrons. The van der Waals surface area contributed by atoms with Crippen LogP contribution in [0.15, 0.2) is 60.7 Å². The van der Waals surface area contributed by atoms with Gasteiger partial charge >= 0.3 is 5.97 Å². The summed E-state index contributed by atoms with van der Waals surface area (Å²) in [7, 11) is -5.26. The lowest BCUT2D eigenvalue weighted by molar-refractivity contribution is -0.150. The van der Waals surface area contributed by atoms with Gasteiger partial charge in [-0.25, -0.2) is 0 Å². The Kier molecular flexibility index (Phi) is 8.07. The van der Waals surface area contributed by atoms with Gasteiger partial charge in [-0.2, -0.15) is 8.42 Å². The van der Waals surface area contributed by atoms with Gasteiger partial charge in [0.05, 0.1) is 31.5 Å². The molecule has 186 valence electrons. The summed E-state index contributed by atoms with van der Waals surface area (Å²) < 4.78 is 41.8. The van der Waals surface area contributed by atoms with E-state index in [1.54, 1.807) is 0 Å². The Bertz CT molecular complexity index is 1030. The van der Waals surface area contributed by atoms with Crippen molar-refractivity contribution in [1.29, 1.82) is 0 Å². The average molecular weight is 505 g/mol. The standard InChI is InChI=1S/C26H36O6SSi/c1-19-23(31-33(6,28)29)17-20(25(27)30-5)18-24(19)32-34(26(2,3)4,21-13-9-7-10-14-21)22-15-11-8-12-16-22/h7-16,19-20,23-24H,17-18H2,1-6H3/t19-,20+,23+,24+/m0/s1. The zero-order valence-electron chi connectivity index (χ0n) is 20.9. The summed E-state index contributed by atoms with van der Waals surface area (Å²) in [6.07, 6.45) is 0.704. The van der Waals surface area contributed by atoms with Crippen LogP contribution in [0.5, 0.6) is 0 Å². The highest BCUT2D eigenvalue weighted by atomic mass is 32.2. The number of ether oxygens (including phenoxy) is 1. The molecule has 34 heavy (non-hydrogen) atoms. The van der Waals surface area contributed by atoms with Crippen molar-refractivity contribution in [3.8, 4) is 0 Å². The molecule has 0 unspecified atom stereocenters. The van der Waals surface area contributed by atoms with E-state index in [4.69, 9.17) is 13.3 Å². The Morgan fingerprint density at radius 1 is 0.912 bits per heavy atom. The predicted molar refractivity (Wildman–Crippen MR) is 136 cm³/mol. The van der Waals surface area contributed by atoms with Crippen LogP contribution in [0.4, 0.5) is 0 Å². The molecule has 0 N–H and O–H groups in total. The van der Waals surface area contributed by atoms with Crippen molar-refractivity contribution in [2.75, 3.05) is 13.4 Å². The van der Waals surface area contributed by atoms with E-state index < -0.39 is 36.6 Å². The van der Waals surface area contributed by atoms with Gasteiger partial charge in [0.2, 0.25) is 0 Å². The number of rotatable bonds is 7. The van der Waals surface area contributed by atoms with E-state index in [0.29, 0.717) is 6.42 Å². The quantitative estimate of drug-likeness (QED) is 0.326. The first-order valence-corrected chi connectivity index (χ1v) is 15.4. The second-order valence-corrected chi connectivity index (χ2v) is 16.1. The maximum atomic E-state index is 12.6. The predicted octanol–water partition coefficient (Wildman–Crippen LogP) is 3.50. The summed E-state index contributed by atoms with van der Waals surface area (Å²) in [5.74, 6) is -1.11. The molecule has 0 saturated heterocycles. The third-order valence-electron chi connectivity index (χ3n) is 6.78. The van der Waals surface area contributed by atoms with Crippen LogP contribution >= 0.6 is 0 Å². The number of methoxy groups -OCH3 is 1. The van der Waals surface area contributed by atoms with E-state index in [1.165, 1.54) is 7.11 Å². The van der Waals surface area contributed by atoms with E-state index in [9.17, 15) is 13.2 Å². The number of carbonyl (C=O) groups is 1. The molecule has 0 amide bonds. The van der Waals surface area contributed by atoms with Crippen molar-refractivity contribution in [2.45, 2.75) is 57.8 Å². The fourth-order valence-corrected chi connectivity index (χ4v) is 10.6. The van der Waals surface area contributed by atoms with Gasteiger partial charge in [-0.3, -0.25) is 8.98 Å². The number of esters is 1. The van der Waals surface area contributed by atoms with Crippen molar-refractivity contribution in [3.63, 3.8) is 0 Å². The normalized spacial score (nSPS) is 23.9. The second kappa shape index (κ2) is 10.3. The van der Waals surface area contributed by atoms with Gasteiger partial charge in [0.15, 0.2) is 0 Å². The van der Waals surface area contributed by atoms with Crippen LogP contribution in [0.25, 0.3) is 0 Å². The van der Waals surface area contributed by atoms with E-state index >= 15 is 0 Å². The van der Waals surface area contributed by atoms with Crippen molar-refractivity contribution in [3.05, 3.63) is 60.7 Å². The first-order valence-electron chi connectivity index (χ1n) is 11.6. The molecule has 8 heteroatoms. The molecule has 1 saturated carbocycles. The third kappa shape index (κ3) is 5.62. The van der Waals surface area contributed by atoms with Crippen LogP contribution in [0.2, 0.25) is 5.04 Å². The molecular formula is C26H36O6SSi. The summed E-state index contributed by atoms with van der Waals surface area (Å²) in [5, 5.41) is 2.00. The second-order valence-electron chi connectivity index (χ2n) is 10.2. The molecular weight excluding hydrogens is 468 g/mol. The van der Waals surface area contributed by atoms with Crippen molar-refractivity contribution in [1.82, 2.24) is 0 Å². The monoisotopic (exact) mass is 504 g/mol. The largest absolute Gasteiger partial charge is 0.469 e. The van der Waals surface area contributed by atoms with Crippen LogP contribution in [-0.2, 0) is 28.3 Å². The summed E-state index contributed by atoms with van der Waals surface area (Å²) in [6, 6.07) is 20.5. The van der Waals surface area contributed by atoms with Gasteiger partial charge in [0.1, 0.15) is 0 Å². The van der Waals surface area contributed by atoms with Crippen molar-refractivity contribution >= 4 is 34.8 Å². The van der Waals surface area contributed by atoms with Crippen LogP contribution in [-0.4, -0.2) is 48.3 Å². The van der Waals surface area contributed by atoms with Gasteiger partial charge in [0, 0.05) is 5.92 Å². The lowest BCUT2D eigenvalue weighted by Gasteiger charge is -2.48. The number of carbonyl (C=O) groups excluding carboxylic acids is 1. The molecule has 1 aliphatic rings. The highest BCUT2D eigenvalue weighted by Gasteiger charge is 2.54. The molecule has 2 aromatic rings. The lowest BCUT2D eigenvalue weighted by Crippen LogP contribution is -2.68. The fraction of sp³-hybridized carbons (Fsp3) is 0.500. The van der Waals surface area contributed by atoms with Crippen LogP contribution in [0.3, 0.4) is 0 Å². The molecule has 0 spiro atoms. The van der Waals surface area contributed by atoms with Crippen LogP contribution < -0.4 is 10.4 Å². The third-order valence-corrected chi connectivity index (χ3v) is 12.4. The molecule has 3 rings (SSSR count). The maximum absolute atomic E-state index is 12.6. The van der Waals surface area contributed by atoms with Crippen molar-refractivity contribution < 1.29 is 26.6 Å². The summed E-state index contributed by atoms with van der Waals surface area (Å²) >= 11 is 0. The zero-order chi connectivity index (χ0) is 25.1. The Morgan fingerprint density at radius 2 is 1.38 bits per heavy atom. The zero-order valence-corrected chi connectivity index (χ0v) is 22.7. The van der Waals surface area contributed by atoms with Gasteiger partial charge in [-0.1, -0.05) is 88.4 Å². The van der Waals surface area contributed by atoms with Gasteiger partial charge < -0.3 is 9.16 Å². The molecule has 4 atom stereocenters. The summed E-state index contributed by atoms with van der Waals surface area (Å²) in [4.78, 5) is 12.6. The van der Waals surface area contributed by atoms with Crippen molar-refractivity contribution in [2.24, 2.45) is 11.8 Å². The first-order chi connectivity index (χ1) is 15.9. The van der Waals surface area contributed by atoms with Crippen LogP contribution in [0.1, 0.15) is 40.5 Å². The minimum absolute atomic E-state index is 0.239. The maximum Gasteiger partial charge on any atom is 0.308 e. The smallest absolute Gasteiger partial charge is 0.308 e. The van der Waals surface area contributed by atoms with E-state index in [1.807, 2.05) is 43.3 Å². The Hall–Kier alpha value is -2.00. The molecule has 0 heterocycles. The van der Waals surface area contributed by atoms with Crippen LogP contribution in [0, 0.1) is 11.8 Å². The molecule has 2 aromatic carbocycles. The van der Waals surface area contributed by atoms with E-state index in [-0.39, 0.29) is 23.3 Å². The minimum Gasteiger partial charge on any atom is -0.469 e. The van der Waals surface area contributed by atoms with Gasteiger partial charge in [-0.05, 0) is 28.3 Å². The molecule has 1 fully saturated rings. The summed E-state index contributed by atoms with van der Waals surface area (Å²) in [5.41, 5.74) is 0. The Labute approximate surface area is 204 Å². The lowest BCUT2D eigenvalue weighted by atomic mass is 9.79. The SMILES string of the molecule is COC(=O)[C@H]1C[C@@H](O[Si](c2ccccc2)(c2ccccc2)C(C)(C)C)[C@@H](C)[C@H](OS(C)(=O)=O)C1. The molecule has 1 aliphatic carbocycles. The fourth-order valence-electron chi connectivity index (χ4n) is 5.11. The Morgan fingerprint density at radius 3 is 1.79 bits per heavy atom. The first kappa shape index (κ1) is 26.6. The number of hydrogen-bond acceptors (Lipinski definition) is 6. The molecule has 0 aliphatic heterocycles. The highest BCUT2D eigenvalue weighted by Crippen LogP contribution is 2.42. The van der Waals surface area contributed by atoms with E-state index in [2.05, 4.69) is 45.0 Å². The topological polar surface area (TPSA) is 78.9 Å². The highest BCUT2D eigenvalue weighted by molar-refractivity contribution is 7.86. The molecule has 6 nitrogen and oxygen atoms in total. The Balaban J connectivity index is 2.14. The van der Waals surface area contributed by atoms with Gasteiger partial charge in [-0.15, -0.1) is 0 Å². The number of benzene rings is 2. The minimum atomic E-state index is -3.71. The number of hydrogen-bond donors (Lipinski definition) is 0. The average Bonchev–Trinajstić information content (AvgIpc) is 2.78. The van der Waals surface area contributed by atoms with Gasteiger partial charge in [0.25, 0.3) is 18.4 Å². The molecule has 0 bridgehead atoms. The molecule has 0 aromatic heterocycles. The van der Waals surface area contributed by atoms with E-state index in [0.717, 1.165) is 16.6 Å². The summed E-state index contributed by atoms with van der Waals surface area (Å²) in [6.45, 7) is 8.52.